The maximum atomic E-state index is 10.4. The Balaban J connectivity index is 1.86. The maximum absolute atomic E-state index is 10.4. The van der Waals surface area contributed by atoms with E-state index < -0.39 is 5.60 Å². The molecule has 1 saturated heterocycles. The van der Waals surface area contributed by atoms with Gasteiger partial charge in [0.2, 0.25) is 0 Å². The fraction of sp³-hybridized carbons (Fsp3) is 0.615. The van der Waals surface area contributed by atoms with E-state index in [2.05, 4.69) is 22.2 Å². The minimum atomic E-state index is -0.521. The van der Waals surface area contributed by atoms with Gasteiger partial charge in [-0.25, -0.2) is 0 Å². The quantitative estimate of drug-likeness (QED) is 0.803. The number of aromatic nitrogens is 1. The monoisotopic (exact) mass is 235 g/mol. The molecule has 1 aliphatic rings. The molecule has 0 atom stereocenters. The van der Waals surface area contributed by atoms with Gasteiger partial charge in [-0.2, -0.15) is 0 Å². The Hall–Kier alpha value is -0.970. The van der Waals surface area contributed by atoms with Crippen LogP contribution in [0.4, 0.5) is 0 Å². The summed E-state index contributed by atoms with van der Waals surface area (Å²) in [7, 11) is 2.06. The number of pyridine rings is 1. The van der Waals surface area contributed by atoms with E-state index in [0.29, 0.717) is 0 Å². The Bertz CT molecular complexity index is 336. The predicted octanol–water partition coefficient (Wildman–Crippen LogP) is 0.628. The Kier molecular flexibility index (Phi) is 4.10. The third-order valence-electron chi connectivity index (χ3n) is 3.30. The van der Waals surface area contributed by atoms with Crippen molar-refractivity contribution in [3.63, 3.8) is 0 Å². The summed E-state index contributed by atoms with van der Waals surface area (Å²) in [5.74, 6) is 0. The summed E-state index contributed by atoms with van der Waals surface area (Å²) < 4.78 is 0. The molecule has 1 aliphatic heterocycles. The van der Waals surface area contributed by atoms with Crippen LogP contribution in [0.15, 0.2) is 24.5 Å². The van der Waals surface area contributed by atoms with Gasteiger partial charge in [0.15, 0.2) is 0 Å². The zero-order valence-electron chi connectivity index (χ0n) is 10.4. The fourth-order valence-corrected chi connectivity index (χ4v) is 2.41. The zero-order valence-corrected chi connectivity index (χ0v) is 10.4. The second-order valence-corrected chi connectivity index (χ2v) is 5.00. The van der Waals surface area contributed by atoms with Gasteiger partial charge in [0.1, 0.15) is 0 Å². The van der Waals surface area contributed by atoms with Gasteiger partial charge in [0.05, 0.1) is 5.60 Å². The Morgan fingerprint density at radius 2 is 2.00 bits per heavy atom. The van der Waals surface area contributed by atoms with Gasteiger partial charge in [0.25, 0.3) is 0 Å². The fourth-order valence-electron chi connectivity index (χ4n) is 2.41. The topological polar surface area (TPSA) is 48.4 Å². The van der Waals surface area contributed by atoms with Crippen LogP contribution in [-0.2, 0) is 6.54 Å². The largest absolute Gasteiger partial charge is 0.388 e. The summed E-state index contributed by atoms with van der Waals surface area (Å²) in [6.45, 7) is 3.43. The van der Waals surface area contributed by atoms with Crippen molar-refractivity contribution in [2.75, 3.05) is 26.7 Å². The van der Waals surface area contributed by atoms with Crippen molar-refractivity contribution in [2.24, 2.45) is 0 Å². The van der Waals surface area contributed by atoms with Crippen LogP contribution in [0, 0.1) is 0 Å². The molecule has 4 heteroatoms. The second kappa shape index (κ2) is 5.58. The molecule has 94 valence electrons. The van der Waals surface area contributed by atoms with Crippen LogP contribution in [0.1, 0.15) is 18.4 Å². The Labute approximate surface area is 103 Å². The van der Waals surface area contributed by atoms with E-state index in [-0.39, 0.29) is 0 Å². The highest BCUT2D eigenvalue weighted by molar-refractivity contribution is 5.09. The molecule has 0 aromatic carbocycles. The van der Waals surface area contributed by atoms with E-state index in [1.165, 1.54) is 5.56 Å². The highest BCUT2D eigenvalue weighted by Gasteiger charge is 2.30. The molecular weight excluding hydrogens is 214 g/mol. The van der Waals surface area contributed by atoms with Crippen molar-refractivity contribution >= 4 is 0 Å². The van der Waals surface area contributed by atoms with Crippen molar-refractivity contribution < 1.29 is 5.11 Å². The first-order valence-corrected chi connectivity index (χ1v) is 6.19. The number of nitrogens with zero attached hydrogens (tertiary/aromatic N) is 2. The standard InChI is InChI=1S/C13H21N3O/c1-16(10-12-2-6-14-7-3-12)11-13(17)4-8-15-9-5-13/h2-3,6-7,15,17H,4-5,8-11H2,1H3. The molecule has 1 aromatic heterocycles. The van der Waals surface area contributed by atoms with Crippen LogP contribution in [0.2, 0.25) is 0 Å². The number of likely N-dealkylation sites (N-methyl/N-ethyl adjacent to an activating group) is 1. The smallest absolute Gasteiger partial charge is 0.0798 e. The second-order valence-electron chi connectivity index (χ2n) is 5.00. The molecule has 17 heavy (non-hydrogen) atoms. The number of hydrogen-bond acceptors (Lipinski definition) is 4. The number of hydrogen-bond donors (Lipinski definition) is 2. The van der Waals surface area contributed by atoms with Crippen molar-refractivity contribution in [2.45, 2.75) is 25.0 Å². The molecule has 0 amide bonds. The third-order valence-corrected chi connectivity index (χ3v) is 3.30. The average Bonchev–Trinajstić information content (AvgIpc) is 2.30. The normalized spacial score (nSPS) is 19.5. The lowest BCUT2D eigenvalue weighted by Gasteiger charge is -2.35. The van der Waals surface area contributed by atoms with Crippen LogP contribution in [0.25, 0.3) is 0 Å². The lowest BCUT2D eigenvalue weighted by atomic mass is 9.92. The van der Waals surface area contributed by atoms with E-state index in [1.54, 1.807) is 0 Å². The summed E-state index contributed by atoms with van der Waals surface area (Å²) in [5.41, 5.74) is 0.715. The highest BCUT2D eigenvalue weighted by Crippen LogP contribution is 2.19. The number of rotatable bonds is 4. The van der Waals surface area contributed by atoms with E-state index in [1.807, 2.05) is 24.5 Å². The van der Waals surface area contributed by atoms with Gasteiger partial charge in [-0.15, -0.1) is 0 Å². The first-order chi connectivity index (χ1) is 8.18. The highest BCUT2D eigenvalue weighted by atomic mass is 16.3. The first kappa shape index (κ1) is 12.5. The van der Waals surface area contributed by atoms with E-state index >= 15 is 0 Å². The SMILES string of the molecule is CN(Cc1ccncc1)CC1(O)CCNCC1. The van der Waals surface area contributed by atoms with Crippen molar-refractivity contribution in [1.82, 2.24) is 15.2 Å². The number of nitrogens with one attached hydrogen (secondary N) is 1. The van der Waals surface area contributed by atoms with Gasteiger partial charge in [-0.05, 0) is 50.7 Å². The summed E-state index contributed by atoms with van der Waals surface area (Å²) in [6, 6.07) is 4.03. The van der Waals surface area contributed by atoms with Gasteiger partial charge in [-0.3, -0.25) is 9.88 Å². The van der Waals surface area contributed by atoms with E-state index in [9.17, 15) is 5.11 Å². The van der Waals surface area contributed by atoms with Crippen LogP contribution < -0.4 is 5.32 Å². The molecular formula is C13H21N3O. The third kappa shape index (κ3) is 3.77. The molecule has 0 radical (unpaired) electrons. The number of piperidine rings is 1. The average molecular weight is 235 g/mol. The molecule has 2 N–H and O–H groups in total. The molecule has 0 bridgehead atoms. The van der Waals surface area contributed by atoms with Gasteiger partial charge in [-0.1, -0.05) is 0 Å². The number of aliphatic hydroxyl groups is 1. The molecule has 0 aliphatic carbocycles. The lowest BCUT2D eigenvalue weighted by molar-refractivity contribution is -0.0168. The summed E-state index contributed by atoms with van der Waals surface area (Å²) in [5, 5.41) is 13.7. The van der Waals surface area contributed by atoms with Crippen molar-refractivity contribution in [1.29, 1.82) is 0 Å². The molecule has 0 unspecified atom stereocenters. The Morgan fingerprint density at radius 1 is 1.35 bits per heavy atom. The van der Waals surface area contributed by atoms with Gasteiger partial charge >= 0.3 is 0 Å². The molecule has 2 heterocycles. The predicted molar refractivity (Wildman–Crippen MR) is 67.6 cm³/mol. The summed E-state index contributed by atoms with van der Waals surface area (Å²) >= 11 is 0. The van der Waals surface area contributed by atoms with Gasteiger partial charge < -0.3 is 10.4 Å². The van der Waals surface area contributed by atoms with Gasteiger partial charge in [0, 0.05) is 25.5 Å². The zero-order chi connectivity index (χ0) is 12.1. The molecule has 2 rings (SSSR count). The lowest BCUT2D eigenvalue weighted by Crippen LogP contribution is -2.48. The van der Waals surface area contributed by atoms with Crippen LogP contribution >= 0.6 is 0 Å². The van der Waals surface area contributed by atoms with Crippen LogP contribution in [0.3, 0.4) is 0 Å². The van der Waals surface area contributed by atoms with E-state index in [4.69, 9.17) is 0 Å². The molecule has 0 spiro atoms. The van der Waals surface area contributed by atoms with Crippen LogP contribution in [0.5, 0.6) is 0 Å². The molecule has 4 nitrogen and oxygen atoms in total. The van der Waals surface area contributed by atoms with Crippen molar-refractivity contribution in [3.8, 4) is 0 Å². The minimum absolute atomic E-state index is 0.521. The summed E-state index contributed by atoms with van der Waals surface area (Å²) in [4.78, 5) is 6.19. The first-order valence-electron chi connectivity index (χ1n) is 6.19. The van der Waals surface area contributed by atoms with Crippen LogP contribution in [-0.4, -0.2) is 47.3 Å². The van der Waals surface area contributed by atoms with E-state index in [0.717, 1.165) is 39.0 Å². The van der Waals surface area contributed by atoms with Crippen molar-refractivity contribution in [3.05, 3.63) is 30.1 Å². The molecule has 0 saturated carbocycles. The Morgan fingerprint density at radius 3 is 2.65 bits per heavy atom. The molecule has 1 aromatic rings. The maximum Gasteiger partial charge on any atom is 0.0798 e. The molecule has 1 fully saturated rings. The summed E-state index contributed by atoms with van der Waals surface area (Å²) in [6.07, 6.45) is 5.30. The minimum Gasteiger partial charge on any atom is -0.388 e.